The van der Waals surface area contributed by atoms with Crippen LogP contribution >= 0.6 is 11.6 Å². The molecular formula is C20H15ClN2O. The molecule has 1 aliphatic carbocycles. The average Bonchev–Trinajstić information content (AvgIpc) is 2.61. The second-order valence-electron chi connectivity index (χ2n) is 5.99. The van der Waals surface area contributed by atoms with Gasteiger partial charge in [-0.3, -0.25) is 0 Å². The monoisotopic (exact) mass is 334 g/mol. The van der Waals surface area contributed by atoms with Gasteiger partial charge in [0.1, 0.15) is 17.4 Å². The minimum atomic E-state index is -0.177. The summed E-state index contributed by atoms with van der Waals surface area (Å²) >= 11 is 6.02. The van der Waals surface area contributed by atoms with Gasteiger partial charge in [-0.05, 0) is 41.7 Å². The van der Waals surface area contributed by atoms with Crippen LogP contribution in [0.3, 0.4) is 0 Å². The first-order valence-electron chi connectivity index (χ1n) is 7.83. The number of allylic oxidation sites excluding steroid dienone is 2. The van der Waals surface area contributed by atoms with Gasteiger partial charge in [0.15, 0.2) is 0 Å². The molecule has 1 heterocycles. The van der Waals surface area contributed by atoms with E-state index in [9.17, 15) is 5.26 Å². The van der Waals surface area contributed by atoms with Crippen LogP contribution in [0.2, 0.25) is 5.02 Å². The van der Waals surface area contributed by atoms with Crippen molar-refractivity contribution in [3.8, 4) is 6.07 Å². The molecule has 0 spiro atoms. The van der Waals surface area contributed by atoms with E-state index in [1.165, 1.54) is 5.56 Å². The molecule has 2 aromatic carbocycles. The number of ether oxygens (including phenoxy) is 1. The summed E-state index contributed by atoms with van der Waals surface area (Å²) in [5, 5.41) is 10.3. The number of hydrogen-bond acceptors (Lipinski definition) is 3. The Morgan fingerprint density at radius 3 is 2.58 bits per heavy atom. The number of aryl methyl sites for hydroxylation is 1. The Kier molecular flexibility index (Phi) is 3.55. The van der Waals surface area contributed by atoms with Gasteiger partial charge in [-0.15, -0.1) is 0 Å². The molecule has 0 saturated carbocycles. The standard InChI is InChI=1S/C20H15ClN2O/c21-14-8-5-13(6-9-14)18-16-10-7-12-3-1-2-4-15(12)19(16)24-20(23)17(18)11-22/h1-6,8-9,18H,7,10,23H2/t18-/m1/s1. The molecule has 0 aromatic heterocycles. The number of rotatable bonds is 1. The lowest BCUT2D eigenvalue weighted by atomic mass is 9.77. The number of fused-ring (bicyclic) bond motifs is 2. The lowest BCUT2D eigenvalue weighted by Gasteiger charge is -2.33. The van der Waals surface area contributed by atoms with Crippen LogP contribution in [-0.2, 0) is 11.2 Å². The highest BCUT2D eigenvalue weighted by Gasteiger charge is 2.35. The summed E-state index contributed by atoms with van der Waals surface area (Å²) in [7, 11) is 0. The molecule has 0 fully saturated rings. The van der Waals surface area contributed by atoms with Gasteiger partial charge in [0.2, 0.25) is 5.88 Å². The lowest BCUT2D eigenvalue weighted by molar-refractivity contribution is 0.350. The Balaban J connectivity index is 1.91. The van der Waals surface area contributed by atoms with Crippen LogP contribution in [-0.4, -0.2) is 0 Å². The van der Waals surface area contributed by atoms with Crippen molar-refractivity contribution < 1.29 is 4.74 Å². The molecule has 4 heteroatoms. The molecule has 2 aromatic rings. The van der Waals surface area contributed by atoms with E-state index >= 15 is 0 Å². The first-order chi connectivity index (χ1) is 11.7. The maximum absolute atomic E-state index is 9.62. The summed E-state index contributed by atoms with van der Waals surface area (Å²) in [6, 6.07) is 18.0. The van der Waals surface area contributed by atoms with Crippen molar-refractivity contribution in [3.63, 3.8) is 0 Å². The summed E-state index contributed by atoms with van der Waals surface area (Å²) in [6.45, 7) is 0. The van der Waals surface area contributed by atoms with Gasteiger partial charge in [-0.25, -0.2) is 0 Å². The van der Waals surface area contributed by atoms with E-state index in [0.29, 0.717) is 10.6 Å². The topological polar surface area (TPSA) is 59.0 Å². The van der Waals surface area contributed by atoms with E-state index < -0.39 is 0 Å². The molecule has 2 aliphatic rings. The van der Waals surface area contributed by atoms with Gasteiger partial charge in [0, 0.05) is 16.5 Å². The minimum absolute atomic E-state index is 0.177. The van der Waals surface area contributed by atoms with E-state index in [2.05, 4.69) is 12.1 Å². The smallest absolute Gasteiger partial charge is 0.205 e. The highest BCUT2D eigenvalue weighted by atomic mass is 35.5. The third-order valence-electron chi connectivity index (χ3n) is 4.66. The summed E-state index contributed by atoms with van der Waals surface area (Å²) < 4.78 is 5.88. The van der Waals surface area contributed by atoms with Crippen LogP contribution in [0.15, 0.2) is 65.6 Å². The highest BCUT2D eigenvalue weighted by molar-refractivity contribution is 6.30. The van der Waals surface area contributed by atoms with Crippen molar-refractivity contribution in [1.82, 2.24) is 0 Å². The van der Waals surface area contributed by atoms with Crippen LogP contribution in [0.4, 0.5) is 0 Å². The molecule has 0 amide bonds. The molecule has 4 rings (SSSR count). The second-order valence-corrected chi connectivity index (χ2v) is 6.42. The second kappa shape index (κ2) is 5.74. The minimum Gasteiger partial charge on any atom is -0.440 e. The van der Waals surface area contributed by atoms with Crippen molar-refractivity contribution >= 4 is 17.4 Å². The molecule has 24 heavy (non-hydrogen) atoms. The van der Waals surface area contributed by atoms with Gasteiger partial charge < -0.3 is 10.5 Å². The summed E-state index contributed by atoms with van der Waals surface area (Å²) in [5.74, 6) is 0.811. The molecule has 118 valence electrons. The van der Waals surface area contributed by atoms with Crippen LogP contribution in [0.5, 0.6) is 0 Å². The van der Waals surface area contributed by atoms with Crippen molar-refractivity contribution in [2.45, 2.75) is 18.8 Å². The molecule has 0 unspecified atom stereocenters. The summed E-state index contributed by atoms with van der Waals surface area (Å²) in [4.78, 5) is 0. The van der Waals surface area contributed by atoms with Gasteiger partial charge >= 0.3 is 0 Å². The zero-order valence-corrected chi connectivity index (χ0v) is 13.7. The maximum atomic E-state index is 9.62. The van der Waals surface area contributed by atoms with Crippen LogP contribution in [0.25, 0.3) is 5.76 Å². The molecule has 3 nitrogen and oxygen atoms in total. The van der Waals surface area contributed by atoms with Crippen molar-refractivity contribution in [1.29, 1.82) is 5.26 Å². The number of nitriles is 1. The number of nitrogens with zero attached hydrogens (tertiary/aromatic N) is 1. The summed E-state index contributed by atoms with van der Waals surface area (Å²) in [6.07, 6.45) is 1.78. The first kappa shape index (κ1) is 14.9. The third kappa shape index (κ3) is 2.28. The van der Waals surface area contributed by atoms with E-state index in [-0.39, 0.29) is 11.8 Å². The quantitative estimate of drug-likeness (QED) is 0.835. The fourth-order valence-corrected chi connectivity index (χ4v) is 3.66. The third-order valence-corrected chi connectivity index (χ3v) is 4.91. The Labute approximate surface area is 145 Å². The van der Waals surface area contributed by atoms with Crippen molar-refractivity contribution in [2.24, 2.45) is 5.73 Å². The van der Waals surface area contributed by atoms with E-state index in [1.54, 1.807) is 0 Å². The predicted octanol–water partition coefficient (Wildman–Crippen LogP) is 4.51. The van der Waals surface area contributed by atoms with Crippen LogP contribution in [0, 0.1) is 11.3 Å². The Morgan fingerprint density at radius 1 is 1.08 bits per heavy atom. The van der Waals surface area contributed by atoms with Gasteiger partial charge in [0.25, 0.3) is 0 Å². The van der Waals surface area contributed by atoms with Crippen molar-refractivity contribution in [3.05, 3.63) is 87.3 Å². The van der Waals surface area contributed by atoms with Gasteiger partial charge in [-0.2, -0.15) is 5.26 Å². The molecule has 1 atom stereocenters. The van der Waals surface area contributed by atoms with E-state index in [1.807, 2.05) is 42.5 Å². The highest BCUT2D eigenvalue weighted by Crippen LogP contribution is 2.47. The summed E-state index contributed by atoms with van der Waals surface area (Å²) in [5.41, 5.74) is 11.0. The molecule has 0 bridgehead atoms. The Hall–Kier alpha value is -2.70. The SMILES string of the molecule is N#CC1=C(N)OC2=C(CCc3ccccc32)[C@H]1c1ccc(Cl)cc1. The predicted molar refractivity (Wildman–Crippen MR) is 93.8 cm³/mol. The number of benzene rings is 2. The lowest BCUT2D eigenvalue weighted by Crippen LogP contribution is -2.23. The fourth-order valence-electron chi connectivity index (χ4n) is 3.54. The maximum Gasteiger partial charge on any atom is 0.205 e. The number of nitrogens with two attached hydrogens (primary N) is 1. The molecule has 0 saturated heterocycles. The zero-order chi connectivity index (χ0) is 16.7. The molecule has 2 N–H and O–H groups in total. The Bertz CT molecular complexity index is 919. The fraction of sp³-hybridized carbons (Fsp3) is 0.150. The Morgan fingerprint density at radius 2 is 1.83 bits per heavy atom. The van der Waals surface area contributed by atoms with Gasteiger partial charge in [0.05, 0.1) is 0 Å². The van der Waals surface area contributed by atoms with E-state index in [4.69, 9.17) is 22.1 Å². The number of halogens is 1. The average molecular weight is 335 g/mol. The largest absolute Gasteiger partial charge is 0.440 e. The molecular weight excluding hydrogens is 320 g/mol. The van der Waals surface area contributed by atoms with Crippen LogP contribution < -0.4 is 5.73 Å². The molecule has 0 radical (unpaired) electrons. The molecule has 1 aliphatic heterocycles. The first-order valence-corrected chi connectivity index (χ1v) is 8.21. The normalized spacial score (nSPS) is 19.2. The van der Waals surface area contributed by atoms with Crippen LogP contribution in [0.1, 0.15) is 29.0 Å². The van der Waals surface area contributed by atoms with Gasteiger partial charge in [-0.1, -0.05) is 48.0 Å². The van der Waals surface area contributed by atoms with Crippen molar-refractivity contribution in [2.75, 3.05) is 0 Å². The zero-order valence-electron chi connectivity index (χ0n) is 12.9. The number of hydrogen-bond donors (Lipinski definition) is 1. The van der Waals surface area contributed by atoms with E-state index in [0.717, 1.165) is 35.3 Å².